The molecule has 1 heterocycles. The Morgan fingerprint density at radius 1 is 1.13 bits per heavy atom. The molecule has 0 radical (unpaired) electrons. The van der Waals surface area contributed by atoms with Crippen molar-refractivity contribution >= 4 is 22.8 Å². The van der Waals surface area contributed by atoms with E-state index in [1.807, 2.05) is 24.3 Å². The number of ether oxygens (including phenoxy) is 4. The van der Waals surface area contributed by atoms with Gasteiger partial charge in [-0.25, -0.2) is 9.59 Å². The van der Waals surface area contributed by atoms with Gasteiger partial charge in [-0.1, -0.05) is 30.8 Å². The number of amides is 1. The Hall–Kier alpha value is -3.06. The van der Waals surface area contributed by atoms with Crippen molar-refractivity contribution in [2.24, 2.45) is 0 Å². The second-order valence-electron chi connectivity index (χ2n) is 7.32. The second-order valence-corrected chi connectivity index (χ2v) is 7.32. The van der Waals surface area contributed by atoms with Crippen LogP contribution in [0.5, 0.6) is 11.5 Å². The molecule has 1 aliphatic heterocycles. The second kappa shape index (κ2) is 9.17. The number of fused-ring (bicyclic) bond motifs is 2. The number of carbonyl (C=O) groups is 2. The van der Waals surface area contributed by atoms with Crippen LogP contribution in [0.15, 0.2) is 36.9 Å². The third kappa shape index (κ3) is 4.57. The predicted octanol–water partition coefficient (Wildman–Crippen LogP) is 3.31. The summed E-state index contributed by atoms with van der Waals surface area (Å²) in [6.07, 6.45) is 4.48. The summed E-state index contributed by atoms with van der Waals surface area (Å²) in [5, 5.41) is 4.40. The number of esters is 1. The highest BCUT2D eigenvalue weighted by molar-refractivity contribution is 5.97. The fourth-order valence-corrected chi connectivity index (χ4v) is 3.73. The lowest BCUT2D eigenvalue weighted by molar-refractivity contribution is -0.137. The van der Waals surface area contributed by atoms with Crippen molar-refractivity contribution in [2.45, 2.75) is 31.8 Å². The molecule has 0 bridgehead atoms. The molecule has 1 aliphatic carbocycles. The molecule has 4 rings (SSSR count). The molecule has 158 valence electrons. The molecule has 1 saturated heterocycles. The van der Waals surface area contributed by atoms with Crippen LogP contribution in [0.3, 0.4) is 0 Å². The smallest absolute Gasteiger partial charge is 0.412 e. The van der Waals surface area contributed by atoms with Crippen LogP contribution in [0.2, 0.25) is 0 Å². The summed E-state index contributed by atoms with van der Waals surface area (Å²) in [6.45, 7) is 4.80. The number of nitrogens with one attached hydrogen (secondary N) is 1. The zero-order valence-electron chi connectivity index (χ0n) is 16.8. The van der Waals surface area contributed by atoms with Crippen molar-refractivity contribution in [1.82, 2.24) is 5.32 Å². The maximum atomic E-state index is 12.4. The van der Waals surface area contributed by atoms with Gasteiger partial charge in [-0.15, -0.1) is 0 Å². The molecule has 0 aromatic heterocycles. The van der Waals surface area contributed by atoms with E-state index in [0.29, 0.717) is 12.4 Å². The summed E-state index contributed by atoms with van der Waals surface area (Å²) < 4.78 is 22.1. The summed E-state index contributed by atoms with van der Waals surface area (Å²) >= 11 is 0. The van der Waals surface area contributed by atoms with Gasteiger partial charge < -0.3 is 24.3 Å². The van der Waals surface area contributed by atoms with Crippen molar-refractivity contribution < 1.29 is 28.5 Å². The van der Waals surface area contributed by atoms with Gasteiger partial charge in [-0.05, 0) is 25.7 Å². The first-order chi connectivity index (χ1) is 14.7. The SMILES string of the molecule is C=CC(=O)OCCNC(=O)Oc1c2c(c(OCC3CO3)c3ccccc13)CCCC2. The molecular formula is C23H25NO6. The van der Waals surface area contributed by atoms with Crippen molar-refractivity contribution in [2.75, 3.05) is 26.4 Å². The first-order valence-electron chi connectivity index (χ1n) is 10.2. The maximum absolute atomic E-state index is 12.4. The van der Waals surface area contributed by atoms with Crippen molar-refractivity contribution in [1.29, 1.82) is 0 Å². The molecule has 1 atom stereocenters. The molecule has 1 fully saturated rings. The summed E-state index contributed by atoms with van der Waals surface area (Å²) in [7, 11) is 0. The van der Waals surface area contributed by atoms with Gasteiger partial charge in [0.15, 0.2) is 0 Å². The van der Waals surface area contributed by atoms with Gasteiger partial charge in [-0.2, -0.15) is 0 Å². The van der Waals surface area contributed by atoms with E-state index in [2.05, 4.69) is 11.9 Å². The average molecular weight is 411 g/mol. The van der Waals surface area contributed by atoms with Gasteiger partial charge in [0.1, 0.15) is 30.8 Å². The van der Waals surface area contributed by atoms with E-state index in [0.717, 1.165) is 66.0 Å². The average Bonchev–Trinajstić information content (AvgIpc) is 3.60. The van der Waals surface area contributed by atoms with E-state index in [1.54, 1.807) is 0 Å². The Morgan fingerprint density at radius 2 is 1.80 bits per heavy atom. The van der Waals surface area contributed by atoms with Crippen molar-refractivity contribution in [3.63, 3.8) is 0 Å². The predicted molar refractivity (Wildman–Crippen MR) is 111 cm³/mol. The van der Waals surface area contributed by atoms with E-state index >= 15 is 0 Å². The van der Waals surface area contributed by atoms with Crippen molar-refractivity contribution in [3.8, 4) is 11.5 Å². The Morgan fingerprint density at radius 3 is 2.47 bits per heavy atom. The number of benzene rings is 2. The number of epoxide rings is 1. The van der Waals surface area contributed by atoms with Crippen LogP contribution in [-0.4, -0.2) is 44.5 Å². The maximum Gasteiger partial charge on any atom is 0.412 e. The molecule has 30 heavy (non-hydrogen) atoms. The summed E-state index contributed by atoms with van der Waals surface area (Å²) in [5.41, 5.74) is 2.14. The van der Waals surface area contributed by atoms with Crippen LogP contribution < -0.4 is 14.8 Å². The minimum atomic E-state index is -0.581. The lowest BCUT2D eigenvalue weighted by Crippen LogP contribution is -2.31. The Bertz CT molecular complexity index is 966. The van der Waals surface area contributed by atoms with Gasteiger partial charge in [-0.3, -0.25) is 0 Å². The molecule has 1 N–H and O–H groups in total. The quantitative estimate of drug-likeness (QED) is 0.310. The molecule has 1 amide bonds. The fourth-order valence-electron chi connectivity index (χ4n) is 3.73. The Kier molecular flexibility index (Phi) is 6.18. The summed E-state index contributed by atoms with van der Waals surface area (Å²) in [4.78, 5) is 23.5. The lowest BCUT2D eigenvalue weighted by Gasteiger charge is -2.25. The van der Waals surface area contributed by atoms with E-state index in [-0.39, 0.29) is 19.3 Å². The zero-order valence-corrected chi connectivity index (χ0v) is 16.8. The molecule has 7 heteroatoms. The number of rotatable bonds is 8. The molecule has 2 aliphatic rings. The number of hydrogen-bond acceptors (Lipinski definition) is 6. The first-order valence-corrected chi connectivity index (χ1v) is 10.2. The number of hydrogen-bond donors (Lipinski definition) is 1. The van der Waals surface area contributed by atoms with E-state index in [1.165, 1.54) is 0 Å². The number of carbonyl (C=O) groups excluding carboxylic acids is 2. The molecule has 0 saturated carbocycles. The van der Waals surface area contributed by atoms with Gasteiger partial charge in [0.25, 0.3) is 0 Å². The highest BCUT2D eigenvalue weighted by Crippen LogP contribution is 2.44. The van der Waals surface area contributed by atoms with E-state index in [4.69, 9.17) is 18.9 Å². The fraction of sp³-hybridized carbons (Fsp3) is 0.391. The van der Waals surface area contributed by atoms with Crippen LogP contribution in [0.1, 0.15) is 24.0 Å². The van der Waals surface area contributed by atoms with Gasteiger partial charge in [0.2, 0.25) is 0 Å². The summed E-state index contributed by atoms with van der Waals surface area (Å²) in [6, 6.07) is 7.81. The topological polar surface area (TPSA) is 86.4 Å². The molecule has 2 aromatic rings. The van der Waals surface area contributed by atoms with E-state index in [9.17, 15) is 9.59 Å². The monoisotopic (exact) mass is 411 g/mol. The molecule has 1 unspecified atom stereocenters. The van der Waals surface area contributed by atoms with Gasteiger partial charge in [0, 0.05) is 28.0 Å². The van der Waals surface area contributed by atoms with Crippen LogP contribution in [0.4, 0.5) is 4.79 Å². The first kappa shape index (κ1) is 20.2. The molecule has 0 spiro atoms. The molecular weight excluding hydrogens is 386 g/mol. The highest BCUT2D eigenvalue weighted by atomic mass is 16.6. The summed E-state index contributed by atoms with van der Waals surface area (Å²) in [5.74, 6) is 0.924. The minimum absolute atomic E-state index is 0.0504. The van der Waals surface area contributed by atoms with Crippen LogP contribution >= 0.6 is 0 Å². The normalized spacial score (nSPS) is 17.0. The molecule has 2 aromatic carbocycles. The standard InChI is InChI=1S/C23H25NO6/c1-2-20(25)27-12-11-24-23(26)30-22-18-9-5-3-7-16(18)21(29-14-15-13-28-15)17-8-4-6-10-19(17)22/h2-3,5,7,9,15H,1,4,6,8,10-14H2,(H,24,26). The molecule has 7 nitrogen and oxygen atoms in total. The van der Waals surface area contributed by atoms with Crippen molar-refractivity contribution in [3.05, 3.63) is 48.0 Å². The highest BCUT2D eigenvalue weighted by Gasteiger charge is 2.28. The Labute approximate surface area is 174 Å². The largest absolute Gasteiger partial charge is 0.490 e. The third-order valence-electron chi connectivity index (χ3n) is 5.23. The van der Waals surface area contributed by atoms with Gasteiger partial charge >= 0.3 is 12.1 Å². The van der Waals surface area contributed by atoms with Crippen LogP contribution in [0, 0.1) is 0 Å². The van der Waals surface area contributed by atoms with Crippen LogP contribution in [0.25, 0.3) is 10.8 Å². The van der Waals surface area contributed by atoms with E-state index < -0.39 is 12.1 Å². The zero-order chi connectivity index (χ0) is 20.9. The van der Waals surface area contributed by atoms with Crippen LogP contribution in [-0.2, 0) is 27.1 Å². The van der Waals surface area contributed by atoms with Gasteiger partial charge in [0.05, 0.1) is 13.2 Å². The third-order valence-corrected chi connectivity index (χ3v) is 5.23. The lowest BCUT2D eigenvalue weighted by atomic mass is 9.87. The Balaban J connectivity index is 1.58. The minimum Gasteiger partial charge on any atom is -0.490 e.